The summed E-state index contributed by atoms with van der Waals surface area (Å²) in [6, 6.07) is 26.7. The summed E-state index contributed by atoms with van der Waals surface area (Å²) in [5.41, 5.74) is 9.90. The van der Waals surface area contributed by atoms with Gasteiger partial charge in [-0.25, -0.2) is 0 Å². The van der Waals surface area contributed by atoms with Gasteiger partial charge in [0.1, 0.15) is 11.2 Å². The van der Waals surface area contributed by atoms with Crippen LogP contribution in [0.1, 0.15) is 41.5 Å². The van der Waals surface area contributed by atoms with Crippen molar-refractivity contribution in [2.24, 2.45) is 4.99 Å². The molecule has 0 aliphatic carbocycles. The van der Waals surface area contributed by atoms with E-state index in [1.807, 2.05) is 18.2 Å². The third-order valence-corrected chi connectivity index (χ3v) is 10.9. The van der Waals surface area contributed by atoms with Crippen LogP contribution in [0.25, 0.3) is 33.2 Å². The molecule has 2 unspecified atom stereocenters. The molecule has 2 atom stereocenters. The quantitative estimate of drug-likeness (QED) is 0.164. The van der Waals surface area contributed by atoms with Gasteiger partial charge in [0.15, 0.2) is 12.2 Å². The third kappa shape index (κ3) is 3.93. The van der Waals surface area contributed by atoms with Crippen LogP contribution in [0.5, 0.6) is 0 Å². The smallest absolute Gasteiger partial charge is 0.213 e. The largest absolute Gasteiger partial charge is 0.455 e. The predicted octanol–water partition coefficient (Wildman–Crippen LogP) is 8.25. The van der Waals surface area contributed by atoms with Gasteiger partial charge in [0, 0.05) is 44.8 Å². The number of aryl methyl sites for hydroxylation is 1. The summed E-state index contributed by atoms with van der Waals surface area (Å²) in [7, 11) is -1.50. The zero-order valence-electron chi connectivity index (χ0n) is 23.6. The Hall–Kier alpha value is -4.02. The summed E-state index contributed by atoms with van der Waals surface area (Å²) in [6.45, 7) is 15.9. The lowest BCUT2D eigenvalue weighted by atomic mass is 9.77. The summed E-state index contributed by atoms with van der Waals surface area (Å²) in [5, 5.41) is 3.73. The standard InChI is InChI=1S/C36H35N2OSi/c1-6-31-35-24(16-19-30-29-13-9-10-14-34(29)39-36(30)35)15-18-28-26-11-7-8-12-27(26)32-20-17-25(40(3,4)5)22-38(32)33(28)21-23(2)37-31/h6-14,16-17,19-20,22,28,33H,1-2,15,18,21H2,3-5H3/q+1/b37-31-. The Kier molecular flexibility index (Phi) is 5.79. The Morgan fingerprint density at radius 2 is 1.75 bits per heavy atom. The first-order valence-electron chi connectivity index (χ1n) is 14.3. The van der Waals surface area contributed by atoms with Gasteiger partial charge in [0.25, 0.3) is 0 Å². The maximum atomic E-state index is 6.48. The van der Waals surface area contributed by atoms with Gasteiger partial charge in [-0.1, -0.05) is 87.4 Å². The molecule has 4 heteroatoms. The highest BCUT2D eigenvalue weighted by molar-refractivity contribution is 6.88. The lowest BCUT2D eigenvalue weighted by molar-refractivity contribution is -0.717. The van der Waals surface area contributed by atoms with E-state index in [1.165, 1.54) is 27.6 Å². The van der Waals surface area contributed by atoms with E-state index in [0.29, 0.717) is 5.92 Å². The van der Waals surface area contributed by atoms with Gasteiger partial charge in [-0.3, -0.25) is 4.99 Å². The summed E-state index contributed by atoms with van der Waals surface area (Å²) in [4.78, 5) is 5.15. The number of allylic oxidation sites excluding steroid dienone is 2. The second-order valence-corrected chi connectivity index (χ2v) is 17.4. The molecule has 0 saturated carbocycles. The van der Waals surface area contributed by atoms with Crippen molar-refractivity contribution in [1.82, 2.24) is 0 Å². The van der Waals surface area contributed by atoms with E-state index in [0.717, 1.165) is 58.2 Å². The van der Waals surface area contributed by atoms with E-state index in [1.54, 1.807) is 0 Å². The Bertz CT molecular complexity index is 1870. The number of hydrogen-bond donors (Lipinski definition) is 0. The van der Waals surface area contributed by atoms with Gasteiger partial charge in [-0.2, -0.15) is 4.57 Å². The van der Waals surface area contributed by atoms with Crippen molar-refractivity contribution in [3.63, 3.8) is 0 Å². The van der Waals surface area contributed by atoms with Crippen molar-refractivity contribution in [3.05, 3.63) is 121 Å². The second kappa shape index (κ2) is 9.28. The summed E-state index contributed by atoms with van der Waals surface area (Å²) < 4.78 is 9.04. The molecule has 2 aliphatic heterocycles. The molecule has 3 nitrogen and oxygen atoms in total. The molecule has 0 saturated heterocycles. The predicted molar refractivity (Wildman–Crippen MR) is 169 cm³/mol. The van der Waals surface area contributed by atoms with Crippen molar-refractivity contribution in [3.8, 4) is 11.3 Å². The number of aromatic nitrogens is 1. The summed E-state index contributed by atoms with van der Waals surface area (Å²) in [5.74, 6) is 0.349. The van der Waals surface area contributed by atoms with Gasteiger partial charge in [-0.15, -0.1) is 0 Å². The minimum absolute atomic E-state index is 0.250. The van der Waals surface area contributed by atoms with Crippen LogP contribution < -0.4 is 9.75 Å². The summed E-state index contributed by atoms with van der Waals surface area (Å²) in [6.07, 6.45) is 7.06. The number of pyridine rings is 1. The van der Waals surface area contributed by atoms with Crippen LogP contribution in [-0.2, 0) is 6.42 Å². The molecule has 0 amide bonds. The normalized spacial score (nSPS) is 20.2. The molecule has 2 aromatic heterocycles. The van der Waals surface area contributed by atoms with Gasteiger partial charge < -0.3 is 4.42 Å². The molecule has 2 aliphatic rings. The molecule has 198 valence electrons. The Balaban J connectivity index is 1.43. The lowest BCUT2D eigenvalue weighted by Gasteiger charge is -2.32. The Labute approximate surface area is 237 Å². The first-order chi connectivity index (χ1) is 19.3. The van der Waals surface area contributed by atoms with Gasteiger partial charge in [0.2, 0.25) is 5.69 Å². The molecule has 0 spiro atoms. The second-order valence-electron chi connectivity index (χ2n) is 12.3. The van der Waals surface area contributed by atoms with E-state index >= 15 is 0 Å². The average Bonchev–Trinajstić information content (AvgIpc) is 3.33. The molecule has 3 aromatic carbocycles. The van der Waals surface area contributed by atoms with Crippen LogP contribution in [0.3, 0.4) is 0 Å². The number of fused-ring (bicyclic) bond motifs is 11. The van der Waals surface area contributed by atoms with Crippen molar-refractivity contribution in [2.75, 3.05) is 0 Å². The molecule has 5 aromatic rings. The molecule has 40 heavy (non-hydrogen) atoms. The van der Waals surface area contributed by atoms with Crippen LogP contribution in [0, 0.1) is 0 Å². The zero-order valence-corrected chi connectivity index (χ0v) is 24.6. The number of aliphatic imine (C=N–C) groups is 1. The van der Waals surface area contributed by atoms with Crippen LogP contribution in [-0.4, -0.2) is 13.8 Å². The van der Waals surface area contributed by atoms with Crippen molar-refractivity contribution >= 4 is 40.9 Å². The van der Waals surface area contributed by atoms with Crippen LogP contribution >= 0.6 is 0 Å². The molecule has 7 rings (SSSR count). The van der Waals surface area contributed by atoms with Gasteiger partial charge >= 0.3 is 0 Å². The topological polar surface area (TPSA) is 29.4 Å². The van der Waals surface area contributed by atoms with E-state index in [2.05, 4.69) is 104 Å². The average molecular weight is 540 g/mol. The molecular formula is C36H35N2OSi+. The van der Waals surface area contributed by atoms with Crippen LogP contribution in [0.2, 0.25) is 19.6 Å². The Morgan fingerprint density at radius 1 is 0.950 bits per heavy atom. The van der Waals surface area contributed by atoms with Crippen molar-refractivity contribution < 1.29 is 8.98 Å². The number of furan rings is 1. The van der Waals surface area contributed by atoms with Gasteiger partial charge in [0.05, 0.1) is 20.2 Å². The van der Waals surface area contributed by atoms with Crippen LogP contribution in [0.4, 0.5) is 0 Å². The molecule has 0 fully saturated rings. The lowest BCUT2D eigenvalue weighted by Crippen LogP contribution is -2.52. The maximum Gasteiger partial charge on any atom is 0.213 e. The monoisotopic (exact) mass is 539 g/mol. The minimum Gasteiger partial charge on any atom is -0.455 e. The minimum atomic E-state index is -1.50. The number of hydrogen-bond acceptors (Lipinski definition) is 2. The SMILES string of the molecule is C=C/C1=N/C(=C)CC2C(CCc3ccc4c(oc5ccccc54)c31)c1ccccc1-c1ccc([Si](C)(C)C)c[n+]12. The fraction of sp³-hybridized carbons (Fsp3) is 0.222. The van der Waals surface area contributed by atoms with Crippen LogP contribution in [0.15, 0.2) is 113 Å². The molecule has 0 N–H and O–H groups in total. The Morgan fingerprint density at radius 3 is 2.58 bits per heavy atom. The van der Waals surface area contributed by atoms with Crippen molar-refractivity contribution in [1.29, 1.82) is 0 Å². The van der Waals surface area contributed by atoms with E-state index in [9.17, 15) is 0 Å². The highest BCUT2D eigenvalue weighted by Gasteiger charge is 2.41. The summed E-state index contributed by atoms with van der Waals surface area (Å²) >= 11 is 0. The fourth-order valence-corrected chi connectivity index (χ4v) is 7.91. The first kappa shape index (κ1) is 25.0. The van der Waals surface area contributed by atoms with Crippen molar-refractivity contribution in [2.45, 2.75) is 50.9 Å². The highest BCUT2D eigenvalue weighted by Crippen LogP contribution is 2.44. The highest BCUT2D eigenvalue weighted by atomic mass is 28.3. The number of benzene rings is 3. The maximum absolute atomic E-state index is 6.48. The fourth-order valence-electron chi connectivity index (χ4n) is 6.80. The molecular weight excluding hydrogens is 504 g/mol. The molecule has 0 radical (unpaired) electrons. The number of para-hydroxylation sites is 1. The van der Waals surface area contributed by atoms with E-state index in [-0.39, 0.29) is 6.04 Å². The zero-order chi connectivity index (χ0) is 27.6. The molecule has 4 heterocycles. The first-order valence-corrected chi connectivity index (χ1v) is 17.8. The third-order valence-electron chi connectivity index (χ3n) is 8.83. The van der Waals surface area contributed by atoms with E-state index in [4.69, 9.17) is 9.41 Å². The van der Waals surface area contributed by atoms with E-state index < -0.39 is 8.07 Å². The number of rotatable bonds is 2. The number of nitrogens with zero attached hydrogens (tertiary/aromatic N) is 2. The molecule has 0 bridgehead atoms. The van der Waals surface area contributed by atoms with Gasteiger partial charge in [-0.05, 0) is 42.2 Å².